The van der Waals surface area contributed by atoms with Gasteiger partial charge in [-0.15, -0.1) is 0 Å². The van der Waals surface area contributed by atoms with E-state index in [1.807, 2.05) is 0 Å². The van der Waals surface area contributed by atoms with Crippen molar-refractivity contribution in [3.8, 4) is 0 Å². The van der Waals surface area contributed by atoms with Crippen LogP contribution in [0, 0.1) is 0 Å². The third-order valence-electron chi connectivity index (χ3n) is 0.733. The first kappa shape index (κ1) is 5.24. The highest BCUT2D eigenvalue weighted by atomic mass is 16.5. The molecule has 0 amide bonds. The highest BCUT2D eigenvalue weighted by Gasteiger charge is 1.93. The van der Waals surface area contributed by atoms with E-state index in [4.69, 9.17) is 5.11 Å². The molecule has 1 rings (SSSR count). The number of hydrogen-bond donors (Lipinski definition) is 1. The molecule has 0 aliphatic heterocycles. The number of nitrogens with zero attached hydrogens (tertiary/aromatic N) is 2. The Hall–Kier alpha value is -0.900. The normalized spacial score (nSPS) is 9.62. The first-order valence-corrected chi connectivity index (χ1v) is 2.30. The van der Waals surface area contributed by atoms with E-state index in [1.54, 1.807) is 0 Å². The van der Waals surface area contributed by atoms with Gasteiger partial charge in [0.15, 0.2) is 6.33 Å². The largest absolute Gasteiger partial charge is 0.396 e. The monoisotopic (exact) mass is 114 g/mol. The highest BCUT2D eigenvalue weighted by Crippen LogP contribution is 1.88. The van der Waals surface area contributed by atoms with E-state index in [-0.39, 0.29) is 6.61 Å². The lowest BCUT2D eigenvalue weighted by atomic mass is 10.5. The Labute approximate surface area is 46.1 Å². The van der Waals surface area contributed by atoms with Crippen molar-refractivity contribution in [1.29, 1.82) is 0 Å². The van der Waals surface area contributed by atoms with Gasteiger partial charge in [-0.1, -0.05) is 5.16 Å². The Balaban J connectivity index is 2.50. The summed E-state index contributed by atoms with van der Waals surface area (Å²) in [6.45, 7) is 0.0577. The van der Waals surface area contributed by atoms with Gasteiger partial charge < -0.3 is 9.63 Å². The predicted octanol–water partition coefficient (Wildman–Crippen LogP) is -0.396. The fourth-order valence-electron chi connectivity index (χ4n) is 0.402. The van der Waals surface area contributed by atoms with Crippen molar-refractivity contribution in [1.82, 2.24) is 10.1 Å². The molecule has 8 heavy (non-hydrogen) atoms. The molecule has 0 bridgehead atoms. The standard InChI is InChI=1S/C4H6N2O2/c7-2-1-4-5-3-6-8-4/h3,7H,1-2H2. The summed E-state index contributed by atoms with van der Waals surface area (Å²) in [6, 6.07) is 0. The average molecular weight is 114 g/mol. The van der Waals surface area contributed by atoms with E-state index in [9.17, 15) is 0 Å². The smallest absolute Gasteiger partial charge is 0.228 e. The van der Waals surface area contributed by atoms with Gasteiger partial charge in [0, 0.05) is 0 Å². The summed E-state index contributed by atoms with van der Waals surface area (Å²) in [5, 5.41) is 11.7. The summed E-state index contributed by atoms with van der Waals surface area (Å²) < 4.78 is 4.55. The maximum absolute atomic E-state index is 8.31. The number of rotatable bonds is 2. The van der Waals surface area contributed by atoms with Crippen molar-refractivity contribution in [2.75, 3.05) is 6.61 Å². The summed E-state index contributed by atoms with van der Waals surface area (Å²) in [5.41, 5.74) is 0. The highest BCUT2D eigenvalue weighted by molar-refractivity contribution is 4.72. The van der Waals surface area contributed by atoms with Gasteiger partial charge in [-0.05, 0) is 0 Å². The van der Waals surface area contributed by atoms with E-state index >= 15 is 0 Å². The van der Waals surface area contributed by atoms with Gasteiger partial charge in [-0.3, -0.25) is 0 Å². The molecule has 0 aromatic carbocycles. The molecule has 0 aliphatic rings. The molecule has 0 saturated carbocycles. The zero-order valence-corrected chi connectivity index (χ0v) is 4.24. The minimum absolute atomic E-state index is 0.0577. The zero-order valence-electron chi connectivity index (χ0n) is 4.24. The molecule has 4 nitrogen and oxygen atoms in total. The van der Waals surface area contributed by atoms with Crippen LogP contribution in [0.2, 0.25) is 0 Å². The molecule has 0 spiro atoms. The van der Waals surface area contributed by atoms with Gasteiger partial charge in [0.05, 0.1) is 13.0 Å². The van der Waals surface area contributed by atoms with Crippen LogP contribution in [0.15, 0.2) is 10.9 Å². The van der Waals surface area contributed by atoms with Gasteiger partial charge in [-0.2, -0.15) is 4.98 Å². The lowest BCUT2D eigenvalue weighted by Crippen LogP contribution is -1.88. The minimum atomic E-state index is 0.0577. The predicted molar refractivity (Wildman–Crippen MR) is 25.1 cm³/mol. The number of aliphatic hydroxyl groups is 1. The van der Waals surface area contributed by atoms with Crippen molar-refractivity contribution in [3.05, 3.63) is 12.2 Å². The molecule has 1 aromatic heterocycles. The van der Waals surface area contributed by atoms with Crippen LogP contribution in [0.1, 0.15) is 5.89 Å². The van der Waals surface area contributed by atoms with Crippen LogP contribution in [0.4, 0.5) is 0 Å². The van der Waals surface area contributed by atoms with Crippen LogP contribution in [0.25, 0.3) is 0 Å². The number of aliphatic hydroxyl groups excluding tert-OH is 1. The van der Waals surface area contributed by atoms with Crippen LogP contribution in [0.3, 0.4) is 0 Å². The SMILES string of the molecule is OCCc1ncno1. The van der Waals surface area contributed by atoms with E-state index in [0.717, 1.165) is 0 Å². The Morgan fingerprint density at radius 3 is 3.12 bits per heavy atom. The molecular weight excluding hydrogens is 108 g/mol. The third kappa shape index (κ3) is 1.04. The van der Waals surface area contributed by atoms with E-state index < -0.39 is 0 Å². The maximum Gasteiger partial charge on any atom is 0.228 e. The minimum Gasteiger partial charge on any atom is -0.396 e. The molecule has 0 radical (unpaired) electrons. The molecule has 1 aromatic rings. The molecule has 0 aliphatic carbocycles. The lowest BCUT2D eigenvalue weighted by molar-refractivity contribution is 0.274. The summed E-state index contributed by atoms with van der Waals surface area (Å²) in [7, 11) is 0. The summed E-state index contributed by atoms with van der Waals surface area (Å²) in [6.07, 6.45) is 1.75. The second-order valence-corrected chi connectivity index (χ2v) is 1.31. The van der Waals surface area contributed by atoms with Gasteiger partial charge in [0.1, 0.15) is 0 Å². The van der Waals surface area contributed by atoms with Crippen molar-refractivity contribution < 1.29 is 9.63 Å². The molecule has 44 valence electrons. The topological polar surface area (TPSA) is 59.2 Å². The van der Waals surface area contributed by atoms with Crippen LogP contribution in [-0.2, 0) is 6.42 Å². The summed E-state index contributed by atoms with van der Waals surface area (Å²) in [5.74, 6) is 0.479. The van der Waals surface area contributed by atoms with E-state index in [1.165, 1.54) is 6.33 Å². The fourth-order valence-corrected chi connectivity index (χ4v) is 0.402. The average Bonchev–Trinajstić information content (AvgIpc) is 2.19. The Morgan fingerprint density at radius 1 is 1.75 bits per heavy atom. The van der Waals surface area contributed by atoms with Crippen LogP contribution in [0.5, 0.6) is 0 Å². The Morgan fingerprint density at radius 2 is 2.62 bits per heavy atom. The molecule has 0 fully saturated rings. The summed E-state index contributed by atoms with van der Waals surface area (Å²) in [4.78, 5) is 3.67. The zero-order chi connectivity index (χ0) is 5.82. The van der Waals surface area contributed by atoms with E-state index in [0.29, 0.717) is 12.3 Å². The second-order valence-electron chi connectivity index (χ2n) is 1.31. The number of hydrogen-bond acceptors (Lipinski definition) is 4. The van der Waals surface area contributed by atoms with Crippen molar-refractivity contribution >= 4 is 0 Å². The maximum atomic E-state index is 8.31. The van der Waals surface area contributed by atoms with Gasteiger partial charge in [-0.25, -0.2) is 0 Å². The molecule has 1 heterocycles. The number of aromatic nitrogens is 2. The van der Waals surface area contributed by atoms with Crippen LogP contribution >= 0.6 is 0 Å². The van der Waals surface area contributed by atoms with Gasteiger partial charge in [0.25, 0.3) is 0 Å². The molecule has 1 N–H and O–H groups in total. The van der Waals surface area contributed by atoms with Gasteiger partial charge >= 0.3 is 0 Å². The molecular formula is C4H6N2O2. The van der Waals surface area contributed by atoms with E-state index in [2.05, 4.69) is 14.7 Å². The lowest BCUT2D eigenvalue weighted by Gasteiger charge is -1.81. The first-order valence-electron chi connectivity index (χ1n) is 2.30. The molecule has 4 heteroatoms. The van der Waals surface area contributed by atoms with Crippen molar-refractivity contribution in [3.63, 3.8) is 0 Å². The quantitative estimate of drug-likeness (QED) is 0.568. The van der Waals surface area contributed by atoms with Crippen LogP contribution < -0.4 is 0 Å². The van der Waals surface area contributed by atoms with Crippen molar-refractivity contribution in [2.45, 2.75) is 6.42 Å². The summed E-state index contributed by atoms with van der Waals surface area (Å²) >= 11 is 0. The van der Waals surface area contributed by atoms with Gasteiger partial charge in [0.2, 0.25) is 5.89 Å². The molecule has 0 unspecified atom stereocenters. The van der Waals surface area contributed by atoms with Crippen molar-refractivity contribution in [2.24, 2.45) is 0 Å². The fraction of sp³-hybridized carbons (Fsp3) is 0.500. The molecule has 0 saturated heterocycles. The molecule has 0 atom stereocenters. The third-order valence-corrected chi connectivity index (χ3v) is 0.733. The second kappa shape index (κ2) is 2.42. The first-order chi connectivity index (χ1) is 3.93. The Bertz CT molecular complexity index is 138. The Kier molecular flexibility index (Phi) is 1.58. The van der Waals surface area contributed by atoms with Crippen LogP contribution in [-0.4, -0.2) is 21.9 Å².